The number of para-hydroxylation sites is 1. The molecule has 152 valence electrons. The first-order valence-corrected chi connectivity index (χ1v) is 11.0. The Balaban J connectivity index is 1.71. The van der Waals surface area contributed by atoms with Crippen molar-refractivity contribution in [2.24, 2.45) is 0 Å². The number of nitriles is 1. The van der Waals surface area contributed by atoms with Gasteiger partial charge in [-0.2, -0.15) is 9.57 Å². The van der Waals surface area contributed by atoms with Crippen LogP contribution in [0.15, 0.2) is 53.4 Å². The molecule has 7 nitrogen and oxygen atoms in total. The molecule has 2 aromatic rings. The summed E-state index contributed by atoms with van der Waals surface area (Å²) in [5.74, 6) is 0. The number of hydrogen-bond donors (Lipinski definition) is 2. The Morgan fingerprint density at radius 3 is 2.66 bits per heavy atom. The Kier molecular flexibility index (Phi) is 6.75. The number of rotatable bonds is 5. The van der Waals surface area contributed by atoms with Gasteiger partial charge in [-0.05, 0) is 43.2 Å². The third-order valence-electron chi connectivity index (χ3n) is 4.77. The third kappa shape index (κ3) is 5.07. The van der Waals surface area contributed by atoms with Gasteiger partial charge in [0.15, 0.2) is 0 Å². The van der Waals surface area contributed by atoms with E-state index in [2.05, 4.69) is 10.6 Å². The van der Waals surface area contributed by atoms with E-state index in [1.807, 2.05) is 24.3 Å². The third-order valence-corrected chi connectivity index (χ3v) is 7.03. The van der Waals surface area contributed by atoms with E-state index < -0.39 is 10.0 Å². The van der Waals surface area contributed by atoms with Crippen molar-refractivity contribution >= 4 is 33.3 Å². The van der Waals surface area contributed by atoms with Crippen LogP contribution in [-0.4, -0.2) is 37.9 Å². The van der Waals surface area contributed by atoms with Gasteiger partial charge in [-0.1, -0.05) is 36.2 Å². The number of piperidine rings is 1. The van der Waals surface area contributed by atoms with Crippen LogP contribution in [-0.2, 0) is 10.0 Å². The minimum atomic E-state index is -3.80. The number of nitrogens with zero attached hydrogens (tertiary/aromatic N) is 2. The van der Waals surface area contributed by atoms with E-state index in [1.54, 1.807) is 12.1 Å². The van der Waals surface area contributed by atoms with Crippen LogP contribution in [0, 0.1) is 11.3 Å². The van der Waals surface area contributed by atoms with Gasteiger partial charge in [0.05, 0.1) is 15.5 Å². The first-order chi connectivity index (χ1) is 13.9. The molecule has 1 saturated heterocycles. The zero-order chi connectivity index (χ0) is 20.9. The van der Waals surface area contributed by atoms with Crippen LogP contribution in [0.3, 0.4) is 0 Å². The van der Waals surface area contributed by atoms with Crippen LogP contribution in [0.1, 0.15) is 24.8 Å². The summed E-state index contributed by atoms with van der Waals surface area (Å²) in [5, 5.41) is 14.6. The largest absolute Gasteiger partial charge is 0.336 e. The predicted molar refractivity (Wildman–Crippen MR) is 111 cm³/mol. The zero-order valence-corrected chi connectivity index (χ0v) is 17.2. The molecule has 1 aliphatic rings. The van der Waals surface area contributed by atoms with E-state index in [0.717, 1.165) is 12.8 Å². The minimum Gasteiger partial charge on any atom is -0.336 e. The van der Waals surface area contributed by atoms with Gasteiger partial charge >= 0.3 is 6.03 Å². The van der Waals surface area contributed by atoms with Gasteiger partial charge in [-0.3, -0.25) is 0 Å². The normalized spacial score (nSPS) is 17.3. The molecule has 0 saturated carbocycles. The number of sulfonamides is 1. The first-order valence-electron chi connectivity index (χ1n) is 9.23. The van der Waals surface area contributed by atoms with E-state index in [9.17, 15) is 13.2 Å². The molecule has 1 fully saturated rings. The Labute approximate surface area is 175 Å². The van der Waals surface area contributed by atoms with E-state index in [0.29, 0.717) is 18.7 Å². The maximum atomic E-state index is 13.1. The topological polar surface area (TPSA) is 102 Å². The Morgan fingerprint density at radius 1 is 1.21 bits per heavy atom. The molecule has 1 aliphatic heterocycles. The molecule has 0 radical (unpaired) electrons. The molecule has 1 atom stereocenters. The van der Waals surface area contributed by atoms with Crippen molar-refractivity contribution in [3.05, 3.63) is 59.1 Å². The number of carbonyl (C=O) groups is 1. The molecule has 2 aromatic carbocycles. The maximum Gasteiger partial charge on any atom is 0.319 e. The Morgan fingerprint density at radius 2 is 1.97 bits per heavy atom. The van der Waals surface area contributed by atoms with Crippen molar-refractivity contribution in [2.75, 3.05) is 18.4 Å². The fraction of sp³-hybridized carbons (Fsp3) is 0.300. The van der Waals surface area contributed by atoms with Crippen molar-refractivity contribution in [3.63, 3.8) is 0 Å². The van der Waals surface area contributed by atoms with Gasteiger partial charge < -0.3 is 10.6 Å². The number of hydrogen-bond acceptors (Lipinski definition) is 4. The highest BCUT2D eigenvalue weighted by molar-refractivity contribution is 7.89. The lowest BCUT2D eigenvalue weighted by atomic mass is 10.1. The van der Waals surface area contributed by atoms with Gasteiger partial charge in [0.25, 0.3) is 0 Å². The van der Waals surface area contributed by atoms with Crippen LogP contribution in [0.25, 0.3) is 0 Å². The quantitative estimate of drug-likeness (QED) is 0.753. The minimum absolute atomic E-state index is 0.0436. The second kappa shape index (κ2) is 9.27. The summed E-state index contributed by atoms with van der Waals surface area (Å²) < 4.78 is 27.7. The number of urea groups is 1. The second-order valence-electron chi connectivity index (χ2n) is 6.72. The maximum absolute atomic E-state index is 13.1. The van der Waals surface area contributed by atoms with Gasteiger partial charge in [0.1, 0.15) is 6.07 Å². The first kappa shape index (κ1) is 21.1. The monoisotopic (exact) mass is 432 g/mol. The molecule has 2 N–H and O–H groups in total. The van der Waals surface area contributed by atoms with Crippen molar-refractivity contribution in [2.45, 2.75) is 30.2 Å². The highest BCUT2D eigenvalue weighted by Gasteiger charge is 2.34. The summed E-state index contributed by atoms with van der Waals surface area (Å²) in [6, 6.07) is 14.3. The molecular formula is C20H21ClN4O3S. The Bertz CT molecular complexity index is 1020. The number of anilines is 1. The van der Waals surface area contributed by atoms with Crippen LogP contribution in [0.5, 0.6) is 0 Å². The van der Waals surface area contributed by atoms with Crippen LogP contribution >= 0.6 is 11.6 Å². The highest BCUT2D eigenvalue weighted by atomic mass is 35.5. The summed E-state index contributed by atoms with van der Waals surface area (Å²) in [7, 11) is -3.80. The Hall–Kier alpha value is -2.60. The number of benzene rings is 2. The molecule has 0 aromatic heterocycles. The number of halogens is 1. The number of amides is 2. The van der Waals surface area contributed by atoms with Crippen LogP contribution in [0.4, 0.5) is 10.5 Å². The zero-order valence-electron chi connectivity index (χ0n) is 15.6. The molecule has 0 bridgehead atoms. The fourth-order valence-electron chi connectivity index (χ4n) is 3.28. The van der Waals surface area contributed by atoms with E-state index >= 15 is 0 Å². The lowest BCUT2D eigenvalue weighted by molar-refractivity contribution is 0.231. The molecule has 3 rings (SSSR count). The number of carbonyl (C=O) groups excluding carboxylic acids is 1. The molecule has 0 spiro atoms. The molecule has 2 amide bonds. The SMILES string of the molecule is N#Cc1ccc(S(=O)(=O)N2CCCCC2CNC(=O)Nc2ccccc2)cc1Cl. The van der Waals surface area contributed by atoms with Crippen LogP contribution < -0.4 is 10.6 Å². The van der Waals surface area contributed by atoms with E-state index in [1.165, 1.54) is 22.5 Å². The summed E-state index contributed by atoms with van der Waals surface area (Å²) in [6.45, 7) is 0.564. The van der Waals surface area contributed by atoms with Gasteiger partial charge in [-0.25, -0.2) is 13.2 Å². The van der Waals surface area contributed by atoms with E-state index in [-0.39, 0.29) is 34.1 Å². The molecule has 9 heteroatoms. The highest BCUT2D eigenvalue weighted by Crippen LogP contribution is 2.28. The summed E-state index contributed by atoms with van der Waals surface area (Å²) >= 11 is 6.02. The van der Waals surface area contributed by atoms with Crippen LogP contribution in [0.2, 0.25) is 5.02 Å². The van der Waals surface area contributed by atoms with Crippen molar-refractivity contribution in [1.29, 1.82) is 5.26 Å². The predicted octanol–water partition coefficient (Wildman–Crippen LogP) is 3.58. The summed E-state index contributed by atoms with van der Waals surface area (Å²) in [6.07, 6.45) is 2.28. The average molecular weight is 433 g/mol. The molecule has 29 heavy (non-hydrogen) atoms. The smallest absolute Gasteiger partial charge is 0.319 e. The van der Waals surface area contributed by atoms with Crippen molar-refractivity contribution in [1.82, 2.24) is 9.62 Å². The van der Waals surface area contributed by atoms with Gasteiger partial charge in [0, 0.05) is 24.8 Å². The molecule has 1 heterocycles. The fourth-order valence-corrected chi connectivity index (χ4v) is 5.29. The lowest BCUT2D eigenvalue weighted by Crippen LogP contribution is -2.49. The summed E-state index contributed by atoms with van der Waals surface area (Å²) in [4.78, 5) is 12.2. The number of nitrogens with one attached hydrogen (secondary N) is 2. The molecule has 0 aliphatic carbocycles. The lowest BCUT2D eigenvalue weighted by Gasteiger charge is -2.34. The second-order valence-corrected chi connectivity index (χ2v) is 9.02. The molecular weight excluding hydrogens is 412 g/mol. The van der Waals surface area contributed by atoms with Gasteiger partial charge in [-0.15, -0.1) is 0 Å². The standard InChI is InChI=1S/C20H21ClN4O3S/c21-19-12-18(10-9-15(19)13-22)29(27,28)25-11-5-4-8-17(25)14-23-20(26)24-16-6-2-1-3-7-16/h1-3,6-7,9-10,12,17H,4-5,8,11,14H2,(H2,23,24,26). The van der Waals surface area contributed by atoms with Crippen molar-refractivity contribution < 1.29 is 13.2 Å². The summed E-state index contributed by atoms with van der Waals surface area (Å²) in [5.41, 5.74) is 0.880. The molecule has 1 unspecified atom stereocenters. The van der Waals surface area contributed by atoms with Gasteiger partial charge in [0.2, 0.25) is 10.0 Å². The average Bonchev–Trinajstić information content (AvgIpc) is 2.73. The van der Waals surface area contributed by atoms with Crippen molar-refractivity contribution in [3.8, 4) is 6.07 Å². The van der Waals surface area contributed by atoms with E-state index in [4.69, 9.17) is 16.9 Å².